The van der Waals surface area contributed by atoms with Gasteiger partial charge in [-0.3, -0.25) is 4.90 Å². The lowest BCUT2D eigenvalue weighted by Gasteiger charge is -2.26. The molecule has 0 saturated heterocycles. The summed E-state index contributed by atoms with van der Waals surface area (Å²) >= 11 is 0. The Hall–Kier alpha value is -5.34. The number of hydrogen-bond donors (Lipinski definition) is 1. The smallest absolute Gasteiger partial charge is 0.335 e. The van der Waals surface area contributed by atoms with Gasteiger partial charge in [-0.25, -0.2) is 24.1 Å². The third kappa shape index (κ3) is 6.21. The van der Waals surface area contributed by atoms with E-state index in [9.17, 15) is 14.3 Å². The molecule has 3 aromatic heterocycles. The zero-order valence-electron chi connectivity index (χ0n) is 24.2. The van der Waals surface area contributed by atoms with E-state index in [0.29, 0.717) is 31.1 Å². The van der Waals surface area contributed by atoms with Crippen molar-refractivity contribution in [3.05, 3.63) is 113 Å². The fourth-order valence-corrected chi connectivity index (χ4v) is 5.27. The Kier molecular flexibility index (Phi) is 8.16. The van der Waals surface area contributed by atoms with Crippen LogP contribution in [0.1, 0.15) is 52.0 Å². The highest BCUT2D eigenvalue weighted by atomic mass is 19.1. The molecule has 0 aliphatic carbocycles. The molecule has 5 aromatic rings. The molecule has 222 valence electrons. The van der Waals surface area contributed by atoms with Crippen LogP contribution in [0, 0.1) is 17.1 Å². The Labute approximate surface area is 253 Å². The monoisotopic (exact) mass is 591 g/mol. The van der Waals surface area contributed by atoms with Crippen molar-refractivity contribution in [1.29, 1.82) is 5.26 Å². The van der Waals surface area contributed by atoms with Crippen LogP contribution in [0.5, 0.6) is 5.88 Å². The zero-order valence-corrected chi connectivity index (χ0v) is 24.2. The van der Waals surface area contributed by atoms with Crippen LogP contribution in [0.15, 0.2) is 73.2 Å². The number of imidazole rings is 2. The minimum atomic E-state index is -0.977. The molecule has 0 amide bonds. The number of benzene rings is 2. The molecular formula is C33H30FN7O3. The van der Waals surface area contributed by atoms with Gasteiger partial charge in [0.15, 0.2) is 0 Å². The standard InChI is InChI=1S/C33H30FN7O3/c1-2-39-17-26(36-21-39)18-41-30-15-24(33(42)43)8-9-29(30)37-31(41)19-40-12-10-23(11-13-40)28-4-3-5-32(38-28)44-20-25-7-6-22(16-35)14-27(25)34/h3-10,14-15,17,21H,2,11-13,18-20H2,1H3,(H,42,43). The van der Waals surface area contributed by atoms with E-state index in [4.69, 9.17) is 15.0 Å². The van der Waals surface area contributed by atoms with Crippen LogP contribution >= 0.6 is 0 Å². The van der Waals surface area contributed by atoms with E-state index in [0.717, 1.165) is 53.3 Å². The topological polar surface area (TPSA) is 122 Å². The first-order chi connectivity index (χ1) is 21.4. The molecule has 0 bridgehead atoms. The van der Waals surface area contributed by atoms with Crippen molar-refractivity contribution in [1.82, 2.24) is 29.0 Å². The number of halogens is 1. The summed E-state index contributed by atoms with van der Waals surface area (Å²) in [5.41, 5.74) is 5.13. The number of nitrogens with zero attached hydrogens (tertiary/aromatic N) is 7. The number of carboxylic acid groups (broad SMARTS) is 1. The van der Waals surface area contributed by atoms with Crippen LogP contribution in [0.4, 0.5) is 4.39 Å². The van der Waals surface area contributed by atoms with E-state index in [2.05, 4.69) is 32.4 Å². The molecule has 10 nitrogen and oxygen atoms in total. The lowest BCUT2D eigenvalue weighted by Crippen LogP contribution is -2.29. The van der Waals surface area contributed by atoms with Crippen LogP contribution in [0.3, 0.4) is 0 Å². The number of ether oxygens (including phenoxy) is 1. The summed E-state index contributed by atoms with van der Waals surface area (Å²) < 4.78 is 24.1. The third-order valence-corrected chi connectivity index (χ3v) is 7.71. The second-order valence-electron chi connectivity index (χ2n) is 10.6. The molecule has 6 rings (SSSR count). The number of aryl methyl sites for hydroxylation is 1. The summed E-state index contributed by atoms with van der Waals surface area (Å²) in [5.74, 6) is -0.222. The van der Waals surface area contributed by atoms with E-state index in [1.54, 1.807) is 42.7 Å². The Balaban J connectivity index is 1.17. The van der Waals surface area contributed by atoms with Crippen molar-refractivity contribution in [3.8, 4) is 11.9 Å². The first kappa shape index (κ1) is 28.8. The first-order valence-corrected chi connectivity index (χ1v) is 14.3. The van der Waals surface area contributed by atoms with Crippen LogP contribution in [0.2, 0.25) is 0 Å². The molecule has 11 heteroatoms. The number of rotatable bonds is 10. The number of pyridine rings is 1. The number of nitriles is 1. The number of hydrogen-bond acceptors (Lipinski definition) is 7. The highest BCUT2D eigenvalue weighted by Crippen LogP contribution is 2.26. The number of aromatic nitrogens is 5. The maximum Gasteiger partial charge on any atom is 0.335 e. The van der Waals surface area contributed by atoms with Crippen LogP contribution < -0.4 is 4.74 Å². The molecule has 0 spiro atoms. The molecule has 0 radical (unpaired) electrons. The van der Waals surface area contributed by atoms with Crippen molar-refractivity contribution in [3.63, 3.8) is 0 Å². The van der Waals surface area contributed by atoms with Crippen molar-refractivity contribution in [2.24, 2.45) is 0 Å². The van der Waals surface area contributed by atoms with Crippen molar-refractivity contribution in [2.75, 3.05) is 13.1 Å². The van der Waals surface area contributed by atoms with Gasteiger partial charge in [-0.15, -0.1) is 0 Å². The van der Waals surface area contributed by atoms with Crippen molar-refractivity contribution < 1.29 is 19.0 Å². The Morgan fingerprint density at radius 1 is 1.14 bits per heavy atom. The fraction of sp³-hybridized carbons (Fsp3) is 0.242. The van der Waals surface area contributed by atoms with Crippen molar-refractivity contribution in [2.45, 2.75) is 39.6 Å². The van der Waals surface area contributed by atoms with E-state index in [1.165, 1.54) is 6.07 Å². The van der Waals surface area contributed by atoms with Gasteiger partial charge in [0, 0.05) is 37.5 Å². The fourth-order valence-electron chi connectivity index (χ4n) is 5.27. The molecule has 1 aliphatic heterocycles. The molecule has 0 unspecified atom stereocenters. The molecule has 1 aliphatic rings. The Morgan fingerprint density at radius 2 is 2.02 bits per heavy atom. The Bertz CT molecular complexity index is 1920. The number of carboxylic acids is 1. The number of carbonyl (C=O) groups is 1. The molecule has 2 aromatic carbocycles. The summed E-state index contributed by atoms with van der Waals surface area (Å²) in [6, 6.07) is 16.8. The molecule has 4 heterocycles. The molecule has 0 fully saturated rings. The van der Waals surface area contributed by atoms with Gasteiger partial charge in [0.1, 0.15) is 18.2 Å². The van der Waals surface area contributed by atoms with Gasteiger partial charge in [0.25, 0.3) is 0 Å². The Morgan fingerprint density at radius 3 is 2.75 bits per heavy atom. The van der Waals surface area contributed by atoms with Crippen molar-refractivity contribution >= 4 is 22.6 Å². The summed E-state index contributed by atoms with van der Waals surface area (Å²) in [6.07, 6.45) is 6.71. The lowest BCUT2D eigenvalue weighted by atomic mass is 10.0. The van der Waals surface area contributed by atoms with E-state index < -0.39 is 11.8 Å². The zero-order chi connectivity index (χ0) is 30.6. The molecule has 1 N–H and O–H groups in total. The highest BCUT2D eigenvalue weighted by molar-refractivity contribution is 5.92. The maximum atomic E-state index is 14.3. The summed E-state index contributed by atoms with van der Waals surface area (Å²) in [6.45, 7) is 5.42. The van der Waals surface area contributed by atoms with Gasteiger partial charge in [-0.1, -0.05) is 18.2 Å². The van der Waals surface area contributed by atoms with Gasteiger partial charge in [0.05, 0.1) is 59.0 Å². The van der Waals surface area contributed by atoms with E-state index in [-0.39, 0.29) is 17.7 Å². The second kappa shape index (κ2) is 12.5. The second-order valence-corrected chi connectivity index (χ2v) is 10.6. The van der Waals surface area contributed by atoms with Gasteiger partial charge in [-0.05, 0) is 55.3 Å². The predicted molar refractivity (Wildman–Crippen MR) is 161 cm³/mol. The van der Waals surface area contributed by atoms with E-state index in [1.807, 2.05) is 29.0 Å². The minimum absolute atomic E-state index is 0.00840. The normalized spacial score (nSPS) is 13.5. The first-order valence-electron chi connectivity index (χ1n) is 14.3. The van der Waals surface area contributed by atoms with Gasteiger partial charge < -0.3 is 19.0 Å². The maximum absolute atomic E-state index is 14.3. The van der Waals surface area contributed by atoms with Gasteiger partial charge in [-0.2, -0.15) is 5.26 Å². The largest absolute Gasteiger partial charge is 0.478 e. The average Bonchev–Trinajstić information content (AvgIpc) is 3.64. The van der Waals surface area contributed by atoms with Crippen LogP contribution in [-0.4, -0.2) is 53.2 Å². The quantitative estimate of drug-likeness (QED) is 0.233. The summed E-state index contributed by atoms with van der Waals surface area (Å²) in [7, 11) is 0. The van der Waals surface area contributed by atoms with Crippen LogP contribution in [0.25, 0.3) is 16.6 Å². The predicted octanol–water partition coefficient (Wildman–Crippen LogP) is 5.27. The average molecular weight is 592 g/mol. The molecule has 44 heavy (non-hydrogen) atoms. The molecule has 0 saturated carbocycles. The van der Waals surface area contributed by atoms with E-state index >= 15 is 0 Å². The summed E-state index contributed by atoms with van der Waals surface area (Å²) in [5, 5.41) is 18.5. The third-order valence-electron chi connectivity index (χ3n) is 7.71. The SMILES string of the molecule is CCn1cnc(Cn2c(CN3CC=C(c4cccc(OCc5ccc(C#N)cc5F)n4)CC3)nc3ccc(C(=O)O)cc32)c1. The molecule has 0 atom stereocenters. The lowest BCUT2D eigenvalue weighted by molar-refractivity contribution is 0.0697. The number of fused-ring (bicyclic) bond motifs is 1. The number of aromatic carboxylic acids is 1. The highest BCUT2D eigenvalue weighted by Gasteiger charge is 2.20. The van der Waals surface area contributed by atoms with Crippen LogP contribution in [-0.2, 0) is 26.2 Å². The minimum Gasteiger partial charge on any atom is -0.478 e. The van der Waals surface area contributed by atoms with Gasteiger partial charge in [0.2, 0.25) is 5.88 Å². The van der Waals surface area contributed by atoms with Gasteiger partial charge >= 0.3 is 5.97 Å². The molecular weight excluding hydrogens is 561 g/mol. The summed E-state index contributed by atoms with van der Waals surface area (Å²) in [4.78, 5) is 28.0.